The van der Waals surface area contributed by atoms with Gasteiger partial charge in [-0.2, -0.15) is 17.9 Å². The first-order valence-electron chi connectivity index (χ1n) is 10.4. The van der Waals surface area contributed by atoms with Crippen LogP contribution in [0.5, 0.6) is 17.2 Å². The quantitative estimate of drug-likeness (QED) is 0.510. The predicted molar refractivity (Wildman–Crippen MR) is 127 cm³/mol. The lowest BCUT2D eigenvalue weighted by atomic mass is 9.99. The van der Waals surface area contributed by atoms with E-state index in [0.717, 1.165) is 16.7 Å². The third-order valence-corrected chi connectivity index (χ3v) is 7.35. The lowest BCUT2D eigenvalue weighted by Gasteiger charge is -2.23. The van der Waals surface area contributed by atoms with E-state index in [1.165, 1.54) is 4.41 Å². The minimum absolute atomic E-state index is 0.198. The number of hydrogen-bond donors (Lipinski definition) is 0. The van der Waals surface area contributed by atoms with Crippen LogP contribution in [0.3, 0.4) is 0 Å². The van der Waals surface area contributed by atoms with E-state index in [4.69, 9.17) is 14.2 Å². The van der Waals surface area contributed by atoms with Gasteiger partial charge in [0.15, 0.2) is 11.5 Å². The molecule has 1 unspecified atom stereocenters. The Balaban J connectivity index is 1.79. The Morgan fingerprint density at radius 2 is 1.52 bits per heavy atom. The second kappa shape index (κ2) is 9.15. The van der Waals surface area contributed by atoms with Gasteiger partial charge in [0.05, 0.1) is 38.0 Å². The summed E-state index contributed by atoms with van der Waals surface area (Å²) in [5.41, 5.74) is 3.22. The fourth-order valence-corrected chi connectivity index (χ4v) is 5.23. The maximum atomic E-state index is 13.6. The van der Waals surface area contributed by atoms with E-state index in [9.17, 15) is 8.42 Å². The molecule has 8 heteroatoms. The largest absolute Gasteiger partial charge is 0.497 e. The number of sulfonamides is 1. The summed E-state index contributed by atoms with van der Waals surface area (Å²) < 4.78 is 44.4. The van der Waals surface area contributed by atoms with Gasteiger partial charge in [0.25, 0.3) is 10.0 Å². The molecule has 0 amide bonds. The Hall–Kier alpha value is -3.52. The highest BCUT2D eigenvalue weighted by Gasteiger charge is 2.38. The zero-order valence-electron chi connectivity index (χ0n) is 19.0. The SMILES string of the molecule is COc1ccc(C2CC(c3ccc(OC)c(OC)c3)=NN2S(=O)(=O)c2ccc(C)cc2)cc1. The Morgan fingerprint density at radius 1 is 0.848 bits per heavy atom. The van der Waals surface area contributed by atoms with E-state index in [1.54, 1.807) is 51.7 Å². The van der Waals surface area contributed by atoms with Crippen molar-refractivity contribution in [1.82, 2.24) is 4.41 Å². The smallest absolute Gasteiger partial charge is 0.279 e. The molecule has 0 bridgehead atoms. The molecule has 1 atom stereocenters. The zero-order valence-corrected chi connectivity index (χ0v) is 19.8. The van der Waals surface area contributed by atoms with Gasteiger partial charge in [-0.05, 0) is 55.0 Å². The van der Waals surface area contributed by atoms with Crippen LogP contribution in [-0.2, 0) is 10.0 Å². The first kappa shape index (κ1) is 22.7. The highest BCUT2D eigenvalue weighted by molar-refractivity contribution is 7.89. The molecule has 0 saturated heterocycles. The van der Waals surface area contributed by atoms with Crippen molar-refractivity contribution in [3.8, 4) is 17.2 Å². The Kier molecular flexibility index (Phi) is 6.29. The fourth-order valence-electron chi connectivity index (χ4n) is 3.79. The summed E-state index contributed by atoms with van der Waals surface area (Å²) >= 11 is 0. The molecule has 172 valence electrons. The predicted octanol–water partition coefficient (Wildman–Crippen LogP) is 4.56. The normalized spacial score (nSPS) is 15.8. The number of rotatable bonds is 7. The summed E-state index contributed by atoms with van der Waals surface area (Å²) in [5.74, 6) is 1.85. The van der Waals surface area contributed by atoms with Crippen molar-refractivity contribution < 1.29 is 22.6 Å². The molecule has 4 rings (SSSR count). The van der Waals surface area contributed by atoms with Crippen molar-refractivity contribution in [2.75, 3.05) is 21.3 Å². The molecule has 33 heavy (non-hydrogen) atoms. The van der Waals surface area contributed by atoms with E-state index in [0.29, 0.717) is 29.4 Å². The minimum Gasteiger partial charge on any atom is -0.497 e. The van der Waals surface area contributed by atoms with E-state index in [1.807, 2.05) is 43.3 Å². The molecule has 1 aliphatic rings. The number of methoxy groups -OCH3 is 3. The summed E-state index contributed by atoms with van der Waals surface area (Å²) in [6, 6.07) is 19.1. The summed E-state index contributed by atoms with van der Waals surface area (Å²) in [7, 11) is 0.847. The lowest BCUT2D eigenvalue weighted by molar-refractivity contribution is 0.355. The maximum Gasteiger partial charge on any atom is 0.279 e. The molecule has 1 aliphatic heterocycles. The van der Waals surface area contributed by atoms with Crippen LogP contribution in [0.1, 0.15) is 29.2 Å². The highest BCUT2D eigenvalue weighted by atomic mass is 32.2. The molecule has 0 aliphatic carbocycles. The van der Waals surface area contributed by atoms with Gasteiger partial charge in [-0.1, -0.05) is 29.8 Å². The van der Waals surface area contributed by atoms with Gasteiger partial charge in [0.2, 0.25) is 0 Å². The molecular formula is C25H26N2O5S. The van der Waals surface area contributed by atoms with E-state index >= 15 is 0 Å². The van der Waals surface area contributed by atoms with Gasteiger partial charge in [-0.3, -0.25) is 0 Å². The van der Waals surface area contributed by atoms with Crippen LogP contribution >= 0.6 is 0 Å². The molecular weight excluding hydrogens is 440 g/mol. The van der Waals surface area contributed by atoms with Gasteiger partial charge in [0, 0.05) is 12.0 Å². The summed E-state index contributed by atoms with van der Waals surface area (Å²) in [4.78, 5) is 0.198. The molecule has 0 spiro atoms. The molecule has 3 aromatic rings. The number of hydrogen-bond acceptors (Lipinski definition) is 6. The molecule has 0 aromatic heterocycles. The van der Waals surface area contributed by atoms with Crippen LogP contribution in [0, 0.1) is 6.92 Å². The van der Waals surface area contributed by atoms with Gasteiger partial charge in [0.1, 0.15) is 5.75 Å². The lowest BCUT2D eigenvalue weighted by Crippen LogP contribution is -2.27. The molecule has 1 heterocycles. The van der Waals surface area contributed by atoms with Gasteiger partial charge < -0.3 is 14.2 Å². The first-order chi connectivity index (χ1) is 15.9. The van der Waals surface area contributed by atoms with Crippen LogP contribution < -0.4 is 14.2 Å². The third kappa shape index (κ3) is 4.39. The first-order valence-corrected chi connectivity index (χ1v) is 11.9. The van der Waals surface area contributed by atoms with Crippen molar-refractivity contribution in [3.05, 3.63) is 83.4 Å². The van der Waals surface area contributed by atoms with Crippen molar-refractivity contribution in [1.29, 1.82) is 0 Å². The van der Waals surface area contributed by atoms with Crippen molar-refractivity contribution >= 4 is 15.7 Å². The summed E-state index contributed by atoms with van der Waals surface area (Å²) in [6.07, 6.45) is 0.410. The molecule has 0 N–H and O–H groups in total. The zero-order chi connectivity index (χ0) is 23.6. The second-order valence-corrected chi connectivity index (χ2v) is 9.50. The average Bonchev–Trinajstić information content (AvgIpc) is 3.30. The topological polar surface area (TPSA) is 77.4 Å². The van der Waals surface area contributed by atoms with Crippen molar-refractivity contribution in [3.63, 3.8) is 0 Å². The maximum absolute atomic E-state index is 13.6. The van der Waals surface area contributed by atoms with Crippen LogP contribution in [0.25, 0.3) is 0 Å². The Morgan fingerprint density at radius 3 is 2.12 bits per heavy atom. The Labute approximate surface area is 194 Å². The second-order valence-electron chi connectivity index (χ2n) is 7.70. The fraction of sp³-hybridized carbons (Fsp3) is 0.240. The number of nitrogens with zero attached hydrogens (tertiary/aromatic N) is 2. The number of benzene rings is 3. The van der Waals surface area contributed by atoms with Crippen LogP contribution in [0.4, 0.5) is 0 Å². The third-order valence-electron chi connectivity index (χ3n) is 5.66. The van der Waals surface area contributed by atoms with Crippen LogP contribution in [0.2, 0.25) is 0 Å². The van der Waals surface area contributed by atoms with Gasteiger partial charge in [-0.25, -0.2) is 0 Å². The van der Waals surface area contributed by atoms with Crippen LogP contribution in [-0.4, -0.2) is 39.9 Å². The highest BCUT2D eigenvalue weighted by Crippen LogP contribution is 2.39. The van der Waals surface area contributed by atoms with E-state index in [-0.39, 0.29) is 4.90 Å². The van der Waals surface area contributed by atoms with Gasteiger partial charge >= 0.3 is 0 Å². The molecule has 0 fully saturated rings. The van der Waals surface area contributed by atoms with E-state index in [2.05, 4.69) is 5.10 Å². The van der Waals surface area contributed by atoms with Crippen LogP contribution in [0.15, 0.2) is 76.7 Å². The number of hydrazone groups is 1. The number of ether oxygens (including phenoxy) is 3. The number of aryl methyl sites for hydroxylation is 1. The molecule has 7 nitrogen and oxygen atoms in total. The molecule has 0 saturated carbocycles. The minimum atomic E-state index is -3.88. The van der Waals surface area contributed by atoms with Gasteiger partial charge in [-0.15, -0.1) is 0 Å². The summed E-state index contributed by atoms with van der Waals surface area (Å²) in [5, 5.41) is 4.59. The molecule has 0 radical (unpaired) electrons. The van der Waals surface area contributed by atoms with E-state index < -0.39 is 16.1 Å². The standard InChI is InChI=1S/C25H26N2O5S/c1-17-5-12-21(13-6-17)33(28,29)27-23(18-7-10-20(30-2)11-8-18)16-22(26-27)19-9-14-24(31-3)25(15-19)32-4/h5-15,23H,16H2,1-4H3. The van der Waals surface area contributed by atoms with Crippen molar-refractivity contribution in [2.45, 2.75) is 24.3 Å². The monoisotopic (exact) mass is 466 g/mol. The summed E-state index contributed by atoms with van der Waals surface area (Å²) in [6.45, 7) is 1.92. The molecule has 3 aromatic carbocycles. The average molecular weight is 467 g/mol. The Bertz CT molecular complexity index is 1270. The van der Waals surface area contributed by atoms with Crippen molar-refractivity contribution in [2.24, 2.45) is 5.10 Å².